The van der Waals surface area contributed by atoms with Crippen molar-refractivity contribution >= 4 is 5.91 Å². The highest BCUT2D eigenvalue weighted by Crippen LogP contribution is 2.02. The third kappa shape index (κ3) is 7.33. The van der Waals surface area contributed by atoms with Gasteiger partial charge in [-0.2, -0.15) is 0 Å². The molecule has 0 aromatic rings. The van der Waals surface area contributed by atoms with Gasteiger partial charge in [-0.3, -0.25) is 4.79 Å². The van der Waals surface area contributed by atoms with E-state index in [9.17, 15) is 9.90 Å². The number of hydrogen-bond acceptors (Lipinski definition) is 3. The summed E-state index contributed by atoms with van der Waals surface area (Å²) in [5.74, 6) is 0.241. The molecule has 0 bridgehead atoms. The number of amides is 1. The average Bonchev–Trinajstić information content (AvgIpc) is 2.13. The number of aliphatic hydroxyl groups is 1. The van der Waals surface area contributed by atoms with Crippen LogP contribution in [0.4, 0.5) is 0 Å². The summed E-state index contributed by atoms with van der Waals surface area (Å²) in [6.45, 7) is 6.35. The fourth-order valence-corrected chi connectivity index (χ4v) is 1.40. The zero-order valence-corrected chi connectivity index (χ0v) is 9.99. The lowest BCUT2D eigenvalue weighted by atomic mass is 10.0. The Labute approximate surface area is 92.2 Å². The van der Waals surface area contributed by atoms with E-state index in [1.165, 1.54) is 0 Å². The summed E-state index contributed by atoms with van der Waals surface area (Å²) < 4.78 is 0. The standard InChI is InChI=1S/C11H24N2O2/c1-4-5-9(14)7-13-11(15)10(12)6-8(2)3/h8-10,14H,4-7,12H2,1-3H3,(H,13,15). The Kier molecular flexibility index (Phi) is 7.34. The maximum Gasteiger partial charge on any atom is 0.237 e. The summed E-state index contributed by atoms with van der Waals surface area (Å²) in [7, 11) is 0. The smallest absolute Gasteiger partial charge is 0.237 e. The van der Waals surface area contributed by atoms with Gasteiger partial charge in [0.05, 0.1) is 12.1 Å². The number of hydrogen-bond donors (Lipinski definition) is 3. The lowest BCUT2D eigenvalue weighted by Gasteiger charge is -2.16. The van der Waals surface area contributed by atoms with Crippen molar-refractivity contribution in [1.29, 1.82) is 0 Å². The van der Waals surface area contributed by atoms with E-state index < -0.39 is 12.1 Å². The van der Waals surface area contributed by atoms with Gasteiger partial charge in [-0.15, -0.1) is 0 Å². The van der Waals surface area contributed by atoms with E-state index in [-0.39, 0.29) is 5.91 Å². The molecular formula is C11H24N2O2. The molecule has 0 aliphatic carbocycles. The molecule has 4 nitrogen and oxygen atoms in total. The largest absolute Gasteiger partial charge is 0.391 e. The van der Waals surface area contributed by atoms with Crippen molar-refractivity contribution in [3.05, 3.63) is 0 Å². The number of nitrogens with two attached hydrogens (primary N) is 1. The summed E-state index contributed by atoms with van der Waals surface area (Å²) in [6, 6.07) is -0.459. The Morgan fingerprint density at radius 2 is 2.07 bits per heavy atom. The molecule has 15 heavy (non-hydrogen) atoms. The van der Waals surface area contributed by atoms with Crippen molar-refractivity contribution in [2.75, 3.05) is 6.54 Å². The Hall–Kier alpha value is -0.610. The van der Waals surface area contributed by atoms with Gasteiger partial charge in [0.1, 0.15) is 0 Å². The van der Waals surface area contributed by atoms with Gasteiger partial charge in [0, 0.05) is 6.54 Å². The van der Waals surface area contributed by atoms with Gasteiger partial charge < -0.3 is 16.2 Å². The normalized spacial score (nSPS) is 15.1. The highest BCUT2D eigenvalue weighted by Gasteiger charge is 2.15. The highest BCUT2D eigenvalue weighted by molar-refractivity contribution is 5.81. The van der Waals surface area contributed by atoms with E-state index in [1.54, 1.807) is 0 Å². The molecule has 0 fully saturated rings. The molecule has 0 heterocycles. The third-order valence-electron chi connectivity index (χ3n) is 2.20. The summed E-state index contributed by atoms with van der Waals surface area (Å²) in [6.07, 6.45) is 1.84. The van der Waals surface area contributed by atoms with E-state index in [0.29, 0.717) is 25.3 Å². The molecule has 2 atom stereocenters. The van der Waals surface area contributed by atoms with Crippen LogP contribution in [-0.2, 0) is 4.79 Å². The van der Waals surface area contributed by atoms with Crippen molar-refractivity contribution in [2.45, 2.75) is 52.2 Å². The molecule has 0 radical (unpaired) electrons. The second-order valence-electron chi connectivity index (χ2n) is 4.42. The van der Waals surface area contributed by atoms with Gasteiger partial charge in [0.15, 0.2) is 0 Å². The number of rotatable bonds is 7. The maximum atomic E-state index is 11.4. The molecule has 90 valence electrons. The summed E-state index contributed by atoms with van der Waals surface area (Å²) >= 11 is 0. The SMILES string of the molecule is CCCC(O)CNC(=O)C(N)CC(C)C. The van der Waals surface area contributed by atoms with Crippen LogP contribution in [-0.4, -0.2) is 29.7 Å². The van der Waals surface area contributed by atoms with Crippen molar-refractivity contribution in [1.82, 2.24) is 5.32 Å². The first-order valence-corrected chi connectivity index (χ1v) is 5.68. The van der Waals surface area contributed by atoms with Crippen LogP contribution in [0, 0.1) is 5.92 Å². The fourth-order valence-electron chi connectivity index (χ4n) is 1.40. The Morgan fingerprint density at radius 3 is 2.53 bits per heavy atom. The number of nitrogens with one attached hydrogen (secondary N) is 1. The van der Waals surface area contributed by atoms with Crippen molar-refractivity contribution in [3.8, 4) is 0 Å². The van der Waals surface area contributed by atoms with E-state index >= 15 is 0 Å². The lowest BCUT2D eigenvalue weighted by molar-refractivity contribution is -0.123. The van der Waals surface area contributed by atoms with Gasteiger partial charge >= 0.3 is 0 Å². The summed E-state index contributed by atoms with van der Waals surface area (Å²) in [5, 5.41) is 12.1. The fraction of sp³-hybridized carbons (Fsp3) is 0.909. The van der Waals surface area contributed by atoms with E-state index in [0.717, 1.165) is 6.42 Å². The molecule has 0 spiro atoms. The van der Waals surface area contributed by atoms with Crippen LogP contribution >= 0.6 is 0 Å². The van der Waals surface area contributed by atoms with Crippen molar-refractivity contribution in [2.24, 2.45) is 11.7 Å². The second kappa shape index (κ2) is 7.65. The van der Waals surface area contributed by atoms with Gasteiger partial charge in [-0.1, -0.05) is 27.2 Å². The molecule has 1 amide bonds. The van der Waals surface area contributed by atoms with Crippen molar-refractivity contribution in [3.63, 3.8) is 0 Å². The van der Waals surface area contributed by atoms with Gasteiger partial charge in [-0.05, 0) is 18.8 Å². The zero-order chi connectivity index (χ0) is 11.8. The molecule has 0 aromatic carbocycles. The van der Waals surface area contributed by atoms with E-state index in [4.69, 9.17) is 5.73 Å². The monoisotopic (exact) mass is 216 g/mol. The zero-order valence-electron chi connectivity index (χ0n) is 9.99. The first kappa shape index (κ1) is 14.4. The van der Waals surface area contributed by atoms with Crippen LogP contribution in [0.3, 0.4) is 0 Å². The summed E-state index contributed by atoms with van der Waals surface area (Å²) in [4.78, 5) is 11.4. The highest BCUT2D eigenvalue weighted by atomic mass is 16.3. The predicted octanol–water partition coefficient (Wildman–Crippen LogP) is 0.637. The first-order chi connectivity index (χ1) is 6.97. The quantitative estimate of drug-likeness (QED) is 0.584. The first-order valence-electron chi connectivity index (χ1n) is 5.68. The molecule has 0 aliphatic rings. The molecule has 4 N–H and O–H groups in total. The van der Waals surface area contributed by atoms with Crippen LogP contribution in [0.5, 0.6) is 0 Å². The third-order valence-corrected chi connectivity index (χ3v) is 2.20. The molecule has 0 saturated carbocycles. The van der Waals surface area contributed by atoms with Gasteiger partial charge in [0.2, 0.25) is 5.91 Å². The van der Waals surface area contributed by atoms with Crippen LogP contribution in [0.2, 0.25) is 0 Å². The molecular weight excluding hydrogens is 192 g/mol. The second-order valence-corrected chi connectivity index (χ2v) is 4.42. The number of aliphatic hydroxyl groups excluding tert-OH is 1. The van der Waals surface area contributed by atoms with Gasteiger partial charge in [0.25, 0.3) is 0 Å². The Bertz CT molecular complexity index is 183. The lowest BCUT2D eigenvalue weighted by Crippen LogP contribution is -2.44. The average molecular weight is 216 g/mol. The van der Waals surface area contributed by atoms with Crippen LogP contribution in [0.25, 0.3) is 0 Å². The molecule has 0 aromatic heterocycles. The number of carbonyl (C=O) groups excluding carboxylic acids is 1. The van der Waals surface area contributed by atoms with Crippen molar-refractivity contribution < 1.29 is 9.90 Å². The summed E-state index contributed by atoms with van der Waals surface area (Å²) in [5.41, 5.74) is 5.68. The molecule has 4 heteroatoms. The van der Waals surface area contributed by atoms with E-state index in [2.05, 4.69) is 5.32 Å². The molecule has 0 saturated heterocycles. The minimum absolute atomic E-state index is 0.168. The molecule has 0 rings (SSSR count). The Morgan fingerprint density at radius 1 is 1.47 bits per heavy atom. The molecule has 2 unspecified atom stereocenters. The topological polar surface area (TPSA) is 75.3 Å². The minimum atomic E-state index is -0.459. The molecule has 0 aliphatic heterocycles. The van der Waals surface area contributed by atoms with Crippen LogP contribution in [0.15, 0.2) is 0 Å². The predicted molar refractivity (Wildman–Crippen MR) is 61.4 cm³/mol. The van der Waals surface area contributed by atoms with Crippen LogP contribution < -0.4 is 11.1 Å². The number of carbonyl (C=O) groups is 1. The minimum Gasteiger partial charge on any atom is -0.391 e. The van der Waals surface area contributed by atoms with Gasteiger partial charge in [-0.25, -0.2) is 0 Å². The Balaban J connectivity index is 3.72. The van der Waals surface area contributed by atoms with Crippen LogP contribution in [0.1, 0.15) is 40.0 Å². The maximum absolute atomic E-state index is 11.4. The van der Waals surface area contributed by atoms with E-state index in [1.807, 2.05) is 20.8 Å².